The molecule has 1 saturated heterocycles. The summed E-state index contributed by atoms with van der Waals surface area (Å²) in [5.41, 5.74) is 0. The van der Waals surface area contributed by atoms with Crippen LogP contribution in [0.25, 0.3) is 0 Å². The van der Waals surface area contributed by atoms with Crippen LogP contribution < -0.4 is 0 Å². The van der Waals surface area contributed by atoms with Crippen LogP contribution >= 0.6 is 0 Å². The average Bonchev–Trinajstić information content (AvgIpc) is 2.36. The van der Waals surface area contributed by atoms with E-state index in [1.54, 1.807) is 0 Å². The zero-order valence-electron chi connectivity index (χ0n) is 6.81. The summed E-state index contributed by atoms with van der Waals surface area (Å²) < 4.78 is 23.9. The zero-order valence-corrected chi connectivity index (χ0v) is 7.63. The number of aliphatic hydroxyl groups excluding tert-OH is 1. The number of nitrogens with zero attached hydrogens (tertiary/aromatic N) is 1. The fourth-order valence-corrected chi connectivity index (χ4v) is 2.51. The van der Waals surface area contributed by atoms with Gasteiger partial charge in [0.2, 0.25) is 10.0 Å². The molecule has 4 nitrogen and oxygen atoms in total. The Hall–Kier alpha value is -0.390. The average molecular weight is 191 g/mol. The Morgan fingerprint density at radius 1 is 1.67 bits per heavy atom. The Morgan fingerprint density at radius 2 is 2.33 bits per heavy atom. The molecule has 1 fully saturated rings. The SMILES string of the molecule is C=CCS(=O)(=O)N1CCC(O)C1. The van der Waals surface area contributed by atoms with Crippen LogP contribution in [-0.2, 0) is 10.0 Å². The predicted molar refractivity (Wildman–Crippen MR) is 46.2 cm³/mol. The molecule has 1 unspecified atom stereocenters. The van der Waals surface area contributed by atoms with Gasteiger partial charge in [-0.15, -0.1) is 6.58 Å². The number of rotatable bonds is 3. The van der Waals surface area contributed by atoms with Crippen molar-refractivity contribution in [1.82, 2.24) is 4.31 Å². The van der Waals surface area contributed by atoms with Crippen molar-refractivity contribution in [2.45, 2.75) is 12.5 Å². The summed E-state index contributed by atoms with van der Waals surface area (Å²) in [7, 11) is -3.19. The molecule has 12 heavy (non-hydrogen) atoms. The van der Waals surface area contributed by atoms with Gasteiger partial charge in [0, 0.05) is 13.1 Å². The summed E-state index contributed by atoms with van der Waals surface area (Å²) in [6, 6.07) is 0. The van der Waals surface area contributed by atoms with Crippen molar-refractivity contribution in [3.05, 3.63) is 12.7 Å². The minimum absolute atomic E-state index is 0.0419. The van der Waals surface area contributed by atoms with E-state index in [0.29, 0.717) is 13.0 Å². The molecule has 1 rings (SSSR count). The molecule has 70 valence electrons. The van der Waals surface area contributed by atoms with Gasteiger partial charge in [-0.25, -0.2) is 8.42 Å². The van der Waals surface area contributed by atoms with Crippen LogP contribution in [0.4, 0.5) is 0 Å². The topological polar surface area (TPSA) is 57.6 Å². The van der Waals surface area contributed by atoms with E-state index in [2.05, 4.69) is 6.58 Å². The highest BCUT2D eigenvalue weighted by Crippen LogP contribution is 2.13. The van der Waals surface area contributed by atoms with Gasteiger partial charge in [0.15, 0.2) is 0 Å². The Bertz CT molecular complexity index is 260. The summed E-state index contributed by atoms with van der Waals surface area (Å²) in [5.74, 6) is -0.0419. The molecule has 1 N–H and O–H groups in total. The number of aliphatic hydroxyl groups is 1. The highest BCUT2D eigenvalue weighted by Gasteiger charge is 2.28. The molecule has 0 aromatic carbocycles. The minimum Gasteiger partial charge on any atom is -0.392 e. The number of β-amino-alcohol motifs (C(OH)–C–C–N with tert-alkyl or cyclic N) is 1. The molecule has 0 spiro atoms. The summed E-state index contributed by atoms with van der Waals surface area (Å²) >= 11 is 0. The van der Waals surface area contributed by atoms with E-state index >= 15 is 0 Å². The molecule has 1 aliphatic rings. The minimum atomic E-state index is -3.19. The maximum Gasteiger partial charge on any atom is 0.217 e. The lowest BCUT2D eigenvalue weighted by Crippen LogP contribution is -2.31. The van der Waals surface area contributed by atoms with Crippen LogP contribution in [-0.4, -0.2) is 42.8 Å². The van der Waals surface area contributed by atoms with Crippen molar-refractivity contribution in [3.8, 4) is 0 Å². The monoisotopic (exact) mass is 191 g/mol. The molecule has 1 aliphatic heterocycles. The van der Waals surface area contributed by atoms with Crippen LogP contribution in [0.2, 0.25) is 0 Å². The second-order valence-electron chi connectivity index (χ2n) is 2.87. The van der Waals surface area contributed by atoms with Gasteiger partial charge in [0.25, 0.3) is 0 Å². The van der Waals surface area contributed by atoms with Gasteiger partial charge in [-0.05, 0) is 6.42 Å². The van der Waals surface area contributed by atoms with Crippen molar-refractivity contribution < 1.29 is 13.5 Å². The van der Waals surface area contributed by atoms with Gasteiger partial charge in [-0.2, -0.15) is 4.31 Å². The molecule has 0 bridgehead atoms. The Balaban J connectivity index is 2.64. The summed E-state index contributed by atoms with van der Waals surface area (Å²) in [6.45, 7) is 4.03. The lowest BCUT2D eigenvalue weighted by Gasteiger charge is -2.13. The summed E-state index contributed by atoms with van der Waals surface area (Å²) in [5, 5.41) is 9.10. The Kier molecular flexibility index (Phi) is 2.87. The third-order valence-corrected chi connectivity index (χ3v) is 3.62. The van der Waals surface area contributed by atoms with Crippen LogP contribution in [0.15, 0.2) is 12.7 Å². The molecule has 0 saturated carbocycles. The second kappa shape index (κ2) is 3.55. The molecule has 0 amide bonds. The number of hydrogen-bond donors (Lipinski definition) is 1. The van der Waals surface area contributed by atoms with E-state index in [0.717, 1.165) is 0 Å². The highest BCUT2D eigenvalue weighted by atomic mass is 32.2. The van der Waals surface area contributed by atoms with E-state index in [1.807, 2.05) is 0 Å². The summed E-state index contributed by atoms with van der Waals surface area (Å²) in [6.07, 6.45) is 1.40. The molecular weight excluding hydrogens is 178 g/mol. The van der Waals surface area contributed by atoms with E-state index in [1.165, 1.54) is 10.4 Å². The third kappa shape index (κ3) is 2.06. The first kappa shape index (κ1) is 9.70. The zero-order chi connectivity index (χ0) is 9.19. The quantitative estimate of drug-likeness (QED) is 0.616. The first-order chi connectivity index (χ1) is 5.56. The Morgan fingerprint density at radius 3 is 2.75 bits per heavy atom. The summed E-state index contributed by atoms with van der Waals surface area (Å²) in [4.78, 5) is 0. The fourth-order valence-electron chi connectivity index (χ4n) is 1.22. The van der Waals surface area contributed by atoms with E-state index in [-0.39, 0.29) is 12.3 Å². The lowest BCUT2D eigenvalue weighted by atomic mass is 10.3. The van der Waals surface area contributed by atoms with Crippen LogP contribution in [0.1, 0.15) is 6.42 Å². The normalized spacial score (nSPS) is 25.9. The molecule has 0 aromatic rings. The fraction of sp³-hybridized carbons (Fsp3) is 0.714. The van der Waals surface area contributed by atoms with Crippen LogP contribution in [0.3, 0.4) is 0 Å². The maximum atomic E-state index is 11.3. The Labute approximate surface area is 72.5 Å². The van der Waals surface area contributed by atoms with Crippen LogP contribution in [0, 0.1) is 0 Å². The van der Waals surface area contributed by atoms with Gasteiger partial charge < -0.3 is 5.11 Å². The van der Waals surface area contributed by atoms with Crippen molar-refractivity contribution in [2.24, 2.45) is 0 Å². The van der Waals surface area contributed by atoms with Crippen molar-refractivity contribution in [2.75, 3.05) is 18.8 Å². The molecular formula is C7H13NO3S. The van der Waals surface area contributed by atoms with Crippen molar-refractivity contribution in [1.29, 1.82) is 0 Å². The maximum absolute atomic E-state index is 11.3. The standard InChI is InChI=1S/C7H13NO3S/c1-2-5-12(10,11)8-4-3-7(9)6-8/h2,7,9H,1,3-6H2. The van der Waals surface area contributed by atoms with Gasteiger partial charge in [-0.1, -0.05) is 6.08 Å². The highest BCUT2D eigenvalue weighted by molar-refractivity contribution is 7.89. The first-order valence-corrected chi connectivity index (χ1v) is 5.44. The smallest absolute Gasteiger partial charge is 0.217 e. The molecule has 0 aromatic heterocycles. The van der Waals surface area contributed by atoms with E-state index < -0.39 is 16.1 Å². The molecule has 5 heteroatoms. The predicted octanol–water partition coefficient (Wildman–Crippen LogP) is -0.431. The number of sulfonamides is 1. The van der Waals surface area contributed by atoms with Crippen molar-refractivity contribution >= 4 is 10.0 Å². The second-order valence-corrected chi connectivity index (χ2v) is 4.88. The van der Waals surface area contributed by atoms with Crippen LogP contribution in [0.5, 0.6) is 0 Å². The van der Waals surface area contributed by atoms with E-state index in [9.17, 15) is 8.42 Å². The van der Waals surface area contributed by atoms with Gasteiger partial charge in [-0.3, -0.25) is 0 Å². The largest absolute Gasteiger partial charge is 0.392 e. The first-order valence-electron chi connectivity index (χ1n) is 3.83. The van der Waals surface area contributed by atoms with E-state index in [4.69, 9.17) is 5.11 Å². The third-order valence-electron chi connectivity index (χ3n) is 1.85. The number of hydrogen-bond acceptors (Lipinski definition) is 3. The van der Waals surface area contributed by atoms with Crippen molar-refractivity contribution in [3.63, 3.8) is 0 Å². The molecule has 1 atom stereocenters. The van der Waals surface area contributed by atoms with Gasteiger partial charge in [0.05, 0.1) is 11.9 Å². The molecule has 1 heterocycles. The molecule has 0 aliphatic carbocycles. The van der Waals surface area contributed by atoms with Gasteiger partial charge in [0.1, 0.15) is 0 Å². The lowest BCUT2D eigenvalue weighted by molar-refractivity contribution is 0.189. The van der Waals surface area contributed by atoms with Gasteiger partial charge >= 0.3 is 0 Å². The molecule has 0 radical (unpaired) electrons.